The zero-order valence-corrected chi connectivity index (χ0v) is 17.4. The molecule has 0 bridgehead atoms. The van der Waals surface area contributed by atoms with Gasteiger partial charge < -0.3 is 5.32 Å². The summed E-state index contributed by atoms with van der Waals surface area (Å²) in [4.78, 5) is 12.7. The van der Waals surface area contributed by atoms with Gasteiger partial charge >= 0.3 is 0 Å². The first-order valence-electron chi connectivity index (χ1n) is 10.3. The number of aromatic nitrogens is 2. The Labute approximate surface area is 184 Å². The Morgan fingerprint density at radius 1 is 0.906 bits per heavy atom. The summed E-state index contributed by atoms with van der Waals surface area (Å²) in [5, 5.41) is 8.38. The van der Waals surface area contributed by atoms with Gasteiger partial charge in [-0.05, 0) is 84.3 Å². The molecular formula is C27H20FN3O. The van der Waals surface area contributed by atoms with E-state index in [9.17, 15) is 9.18 Å². The number of nitrogens with zero attached hydrogens (tertiary/aromatic N) is 2. The third kappa shape index (κ3) is 3.76. The SMILES string of the molecule is Cc1ccc(C(=O)Nc2ccc(F)cc2)cc1-c1ccc2c(cnn2-c2ccccc2)c1. The first kappa shape index (κ1) is 19.7. The van der Waals surface area contributed by atoms with E-state index in [2.05, 4.69) is 22.5 Å². The molecule has 0 atom stereocenters. The Bertz CT molecular complexity index is 1420. The number of anilines is 1. The molecule has 5 aromatic rings. The lowest BCUT2D eigenvalue weighted by Crippen LogP contribution is -2.12. The molecule has 0 saturated heterocycles. The number of carbonyl (C=O) groups is 1. The van der Waals surface area contributed by atoms with Gasteiger partial charge in [0.15, 0.2) is 0 Å². The summed E-state index contributed by atoms with van der Waals surface area (Å²) in [7, 11) is 0. The minimum Gasteiger partial charge on any atom is -0.322 e. The third-order valence-electron chi connectivity index (χ3n) is 5.48. The summed E-state index contributed by atoms with van der Waals surface area (Å²) in [6, 6.07) is 27.5. The van der Waals surface area contributed by atoms with Crippen LogP contribution in [0.25, 0.3) is 27.7 Å². The molecule has 1 N–H and O–H groups in total. The van der Waals surface area contributed by atoms with Crippen LogP contribution in [-0.4, -0.2) is 15.7 Å². The van der Waals surface area contributed by atoms with Crippen LogP contribution in [0.3, 0.4) is 0 Å². The molecule has 5 heteroatoms. The first-order chi connectivity index (χ1) is 15.6. The number of nitrogens with one attached hydrogen (secondary N) is 1. The highest BCUT2D eigenvalue weighted by Crippen LogP contribution is 2.29. The average Bonchev–Trinajstić information content (AvgIpc) is 3.25. The molecule has 5 rings (SSSR count). The molecule has 4 aromatic carbocycles. The lowest BCUT2D eigenvalue weighted by atomic mass is 9.97. The number of para-hydroxylation sites is 1. The number of hydrogen-bond acceptors (Lipinski definition) is 2. The first-order valence-corrected chi connectivity index (χ1v) is 10.3. The quantitative estimate of drug-likeness (QED) is 0.365. The summed E-state index contributed by atoms with van der Waals surface area (Å²) >= 11 is 0. The molecule has 1 amide bonds. The van der Waals surface area contributed by atoms with Gasteiger partial charge in [0.2, 0.25) is 0 Å². The van der Waals surface area contributed by atoms with Crippen LogP contribution in [0.4, 0.5) is 10.1 Å². The van der Waals surface area contributed by atoms with Crippen molar-refractivity contribution in [3.05, 3.63) is 114 Å². The zero-order valence-electron chi connectivity index (χ0n) is 17.4. The largest absolute Gasteiger partial charge is 0.322 e. The van der Waals surface area contributed by atoms with E-state index < -0.39 is 0 Å². The maximum Gasteiger partial charge on any atom is 0.255 e. The van der Waals surface area contributed by atoms with Crippen LogP contribution < -0.4 is 5.32 Å². The van der Waals surface area contributed by atoms with Crippen molar-refractivity contribution in [2.45, 2.75) is 6.92 Å². The molecule has 1 aromatic heterocycles. The van der Waals surface area contributed by atoms with E-state index in [1.54, 1.807) is 18.2 Å². The number of halogens is 1. The minimum atomic E-state index is -0.341. The van der Waals surface area contributed by atoms with Crippen molar-refractivity contribution in [3.8, 4) is 16.8 Å². The van der Waals surface area contributed by atoms with Crippen LogP contribution in [0, 0.1) is 12.7 Å². The zero-order chi connectivity index (χ0) is 22.1. The molecule has 0 spiro atoms. The number of amides is 1. The Balaban J connectivity index is 1.48. The highest BCUT2D eigenvalue weighted by atomic mass is 19.1. The second-order valence-corrected chi connectivity index (χ2v) is 7.66. The number of carbonyl (C=O) groups excluding carboxylic acids is 1. The van der Waals surface area contributed by atoms with Gasteiger partial charge in [-0.3, -0.25) is 4.79 Å². The summed E-state index contributed by atoms with van der Waals surface area (Å²) in [5.41, 5.74) is 6.17. The Morgan fingerprint density at radius 3 is 2.47 bits per heavy atom. The summed E-state index contributed by atoms with van der Waals surface area (Å²) in [6.45, 7) is 2.02. The lowest BCUT2D eigenvalue weighted by molar-refractivity contribution is 0.102. The third-order valence-corrected chi connectivity index (χ3v) is 5.48. The van der Waals surface area contributed by atoms with Crippen LogP contribution in [0.15, 0.2) is 97.2 Å². The fourth-order valence-corrected chi connectivity index (χ4v) is 3.79. The maximum atomic E-state index is 13.1. The van der Waals surface area contributed by atoms with Crippen LogP contribution in [0.1, 0.15) is 15.9 Å². The predicted octanol–water partition coefficient (Wildman–Crippen LogP) is 6.39. The second kappa shape index (κ2) is 8.12. The number of fused-ring (bicyclic) bond motifs is 1. The monoisotopic (exact) mass is 421 g/mol. The highest BCUT2D eigenvalue weighted by molar-refractivity contribution is 6.05. The maximum absolute atomic E-state index is 13.1. The normalized spacial score (nSPS) is 10.9. The smallest absolute Gasteiger partial charge is 0.255 e. The topological polar surface area (TPSA) is 46.9 Å². The molecule has 32 heavy (non-hydrogen) atoms. The molecule has 156 valence electrons. The van der Waals surface area contributed by atoms with Gasteiger partial charge in [-0.15, -0.1) is 0 Å². The molecule has 1 heterocycles. The van der Waals surface area contributed by atoms with E-state index in [0.717, 1.165) is 33.3 Å². The molecule has 4 nitrogen and oxygen atoms in total. The molecule has 0 unspecified atom stereocenters. The van der Waals surface area contributed by atoms with Gasteiger partial charge in [-0.1, -0.05) is 30.3 Å². The Morgan fingerprint density at radius 2 is 1.69 bits per heavy atom. The van der Waals surface area contributed by atoms with Crippen molar-refractivity contribution in [2.75, 3.05) is 5.32 Å². The van der Waals surface area contributed by atoms with Crippen molar-refractivity contribution in [3.63, 3.8) is 0 Å². The number of benzene rings is 4. The van der Waals surface area contributed by atoms with Gasteiger partial charge in [-0.2, -0.15) is 5.10 Å². The van der Waals surface area contributed by atoms with Crippen molar-refractivity contribution in [1.82, 2.24) is 9.78 Å². The fourth-order valence-electron chi connectivity index (χ4n) is 3.79. The molecule has 0 aliphatic carbocycles. The van der Waals surface area contributed by atoms with Crippen molar-refractivity contribution in [1.29, 1.82) is 0 Å². The summed E-state index contributed by atoms with van der Waals surface area (Å²) in [5.74, 6) is -0.581. The standard InChI is InChI=1S/C27H20FN3O/c1-18-7-8-20(27(32)30-23-12-10-22(28)11-13-23)16-25(18)19-9-14-26-21(15-19)17-29-31(26)24-5-3-2-4-6-24/h2-17H,1H3,(H,30,32). The molecule has 0 fully saturated rings. The average molecular weight is 421 g/mol. The van der Waals surface area contributed by atoms with Crippen molar-refractivity contribution < 1.29 is 9.18 Å². The van der Waals surface area contributed by atoms with E-state index >= 15 is 0 Å². The summed E-state index contributed by atoms with van der Waals surface area (Å²) < 4.78 is 15.0. The van der Waals surface area contributed by atoms with E-state index in [0.29, 0.717) is 11.3 Å². The van der Waals surface area contributed by atoms with Crippen molar-refractivity contribution in [2.24, 2.45) is 0 Å². The number of hydrogen-bond donors (Lipinski definition) is 1. The second-order valence-electron chi connectivity index (χ2n) is 7.66. The Hall–Kier alpha value is -4.25. The molecule has 0 saturated carbocycles. The minimum absolute atomic E-state index is 0.240. The van der Waals surface area contributed by atoms with Gasteiger partial charge in [0.1, 0.15) is 5.82 Å². The summed E-state index contributed by atoms with van der Waals surface area (Å²) in [6.07, 6.45) is 1.85. The lowest BCUT2D eigenvalue weighted by Gasteiger charge is -2.11. The van der Waals surface area contributed by atoms with Gasteiger partial charge in [0.25, 0.3) is 5.91 Å². The number of aryl methyl sites for hydroxylation is 1. The van der Waals surface area contributed by atoms with E-state index in [1.807, 2.05) is 66.3 Å². The van der Waals surface area contributed by atoms with Gasteiger partial charge in [0, 0.05) is 16.6 Å². The van der Waals surface area contributed by atoms with Crippen LogP contribution in [-0.2, 0) is 0 Å². The fraction of sp³-hybridized carbons (Fsp3) is 0.0370. The number of rotatable bonds is 4. The van der Waals surface area contributed by atoms with Crippen LogP contribution in [0.2, 0.25) is 0 Å². The van der Waals surface area contributed by atoms with E-state index in [1.165, 1.54) is 12.1 Å². The molecule has 0 aliphatic heterocycles. The van der Waals surface area contributed by atoms with Gasteiger partial charge in [0.05, 0.1) is 17.4 Å². The van der Waals surface area contributed by atoms with Crippen LogP contribution >= 0.6 is 0 Å². The molecular weight excluding hydrogens is 401 g/mol. The van der Waals surface area contributed by atoms with Crippen LogP contribution in [0.5, 0.6) is 0 Å². The Kier molecular flexibility index (Phi) is 5.00. The highest BCUT2D eigenvalue weighted by Gasteiger charge is 2.12. The van der Waals surface area contributed by atoms with Crippen molar-refractivity contribution >= 4 is 22.5 Å². The molecule has 0 radical (unpaired) electrons. The van der Waals surface area contributed by atoms with E-state index in [-0.39, 0.29) is 11.7 Å². The van der Waals surface area contributed by atoms with Gasteiger partial charge in [-0.25, -0.2) is 9.07 Å². The molecule has 0 aliphatic rings. The van der Waals surface area contributed by atoms with E-state index in [4.69, 9.17) is 0 Å². The predicted molar refractivity (Wildman–Crippen MR) is 126 cm³/mol.